The third-order valence-electron chi connectivity index (χ3n) is 5.82. The Morgan fingerprint density at radius 2 is 1.46 bits per heavy atom. The van der Waals surface area contributed by atoms with Crippen LogP contribution >= 0.6 is 0 Å². The van der Waals surface area contributed by atoms with Crippen molar-refractivity contribution in [2.45, 2.75) is 86.2 Å². The highest BCUT2D eigenvalue weighted by atomic mass is 16.3. The van der Waals surface area contributed by atoms with Crippen LogP contribution in [0.15, 0.2) is 48.0 Å². The van der Waals surface area contributed by atoms with Crippen LogP contribution in [0.25, 0.3) is 0 Å². The Morgan fingerprint density at radius 1 is 0.974 bits per heavy atom. The van der Waals surface area contributed by atoms with Gasteiger partial charge in [-0.1, -0.05) is 83.0 Å². The lowest BCUT2D eigenvalue weighted by atomic mass is 10.00. The average molecular weight is 549 g/mol. The molecule has 8 heteroatoms. The molecule has 0 spiro atoms. The second-order valence-electron chi connectivity index (χ2n) is 10.1. The van der Waals surface area contributed by atoms with Crippen LogP contribution in [0, 0.1) is 5.92 Å². The Hall–Kier alpha value is -2.71. The third kappa shape index (κ3) is 20.9. The fourth-order valence-corrected chi connectivity index (χ4v) is 3.63. The molecule has 39 heavy (non-hydrogen) atoms. The second kappa shape index (κ2) is 25.6. The molecular weight excluding hydrogens is 492 g/mol. The molecule has 3 N–H and O–H groups in total. The Labute approximate surface area is 238 Å². The number of amides is 3. The summed E-state index contributed by atoms with van der Waals surface area (Å²) in [5.41, 5.74) is 0.477. The summed E-state index contributed by atoms with van der Waals surface area (Å²) in [5, 5.41) is 13.6. The maximum absolute atomic E-state index is 11.9. The number of likely N-dealkylation sites (tertiary alicyclic amines) is 1. The van der Waals surface area contributed by atoms with E-state index in [1.165, 1.54) is 43.7 Å². The van der Waals surface area contributed by atoms with Crippen molar-refractivity contribution in [3.05, 3.63) is 48.0 Å². The third-order valence-corrected chi connectivity index (χ3v) is 5.82. The molecule has 0 saturated carbocycles. The van der Waals surface area contributed by atoms with Gasteiger partial charge in [0.15, 0.2) is 0 Å². The van der Waals surface area contributed by atoms with Gasteiger partial charge in [0.2, 0.25) is 18.2 Å². The number of hydrogen-bond acceptors (Lipinski definition) is 5. The summed E-state index contributed by atoms with van der Waals surface area (Å²) in [4.78, 5) is 38.0. The highest BCUT2D eigenvalue weighted by Crippen LogP contribution is 2.13. The molecule has 8 nitrogen and oxygen atoms in total. The molecule has 0 aromatic heterocycles. The van der Waals surface area contributed by atoms with Crippen molar-refractivity contribution < 1.29 is 19.5 Å². The topological polar surface area (TPSA) is 102 Å². The van der Waals surface area contributed by atoms with Crippen LogP contribution < -0.4 is 10.6 Å². The van der Waals surface area contributed by atoms with E-state index in [0.717, 1.165) is 6.04 Å². The van der Waals surface area contributed by atoms with Crippen molar-refractivity contribution in [3.63, 3.8) is 0 Å². The van der Waals surface area contributed by atoms with Crippen molar-refractivity contribution in [1.29, 1.82) is 0 Å². The van der Waals surface area contributed by atoms with Crippen LogP contribution in [0.4, 0.5) is 0 Å². The van der Waals surface area contributed by atoms with Gasteiger partial charge in [-0.15, -0.1) is 0 Å². The van der Waals surface area contributed by atoms with Crippen LogP contribution in [0.3, 0.4) is 0 Å². The first-order valence-corrected chi connectivity index (χ1v) is 14.3. The van der Waals surface area contributed by atoms with Crippen LogP contribution in [0.5, 0.6) is 0 Å². The Morgan fingerprint density at radius 3 is 1.82 bits per heavy atom. The summed E-state index contributed by atoms with van der Waals surface area (Å²) in [6.07, 6.45) is 7.72. The highest BCUT2D eigenvalue weighted by Gasteiger charge is 2.22. The maximum atomic E-state index is 11.9. The number of rotatable bonds is 10. The Kier molecular flexibility index (Phi) is 25.2. The SMILES string of the molecule is C/C(=C\[C@H](C(C)C)N(C)C(=O)CNC=O)C(=O)NCCO.CC(C)N1CCCCC1.CCC.c1ccccc1. The molecule has 1 fully saturated rings. The van der Waals surface area contributed by atoms with E-state index in [9.17, 15) is 14.4 Å². The Bertz CT molecular complexity index is 736. The minimum Gasteiger partial charge on any atom is -0.395 e. The summed E-state index contributed by atoms with van der Waals surface area (Å²) in [6, 6.07) is 12.5. The van der Waals surface area contributed by atoms with Crippen molar-refractivity contribution in [1.82, 2.24) is 20.4 Å². The number of likely N-dealkylation sites (N-methyl/N-ethyl adjacent to an activating group) is 1. The molecule has 1 atom stereocenters. The Balaban J connectivity index is 0. The number of benzene rings is 1. The van der Waals surface area contributed by atoms with Gasteiger partial charge < -0.3 is 25.5 Å². The van der Waals surface area contributed by atoms with Crippen LogP contribution in [-0.4, -0.2) is 85.0 Å². The fraction of sp³-hybridized carbons (Fsp3) is 0.645. The zero-order chi connectivity index (χ0) is 30.1. The summed E-state index contributed by atoms with van der Waals surface area (Å²) in [5.74, 6) is -0.405. The van der Waals surface area contributed by atoms with Gasteiger partial charge in [-0.05, 0) is 52.6 Å². The molecule has 2 rings (SSSR count). The number of nitrogens with one attached hydrogen (secondary N) is 2. The molecule has 224 valence electrons. The van der Waals surface area contributed by atoms with Gasteiger partial charge in [0.1, 0.15) is 0 Å². The van der Waals surface area contributed by atoms with E-state index in [0.29, 0.717) is 12.0 Å². The first kappa shape index (κ1) is 38.4. The number of hydrogen-bond donors (Lipinski definition) is 3. The molecular formula is C31H56N4O4. The van der Waals surface area contributed by atoms with E-state index >= 15 is 0 Å². The lowest BCUT2D eigenvalue weighted by Crippen LogP contribution is -2.43. The summed E-state index contributed by atoms with van der Waals surface area (Å²) < 4.78 is 0. The lowest BCUT2D eigenvalue weighted by Gasteiger charge is -2.29. The van der Waals surface area contributed by atoms with Crippen molar-refractivity contribution in [2.75, 3.05) is 39.8 Å². The molecule has 1 heterocycles. The summed E-state index contributed by atoms with van der Waals surface area (Å²) >= 11 is 0. The summed E-state index contributed by atoms with van der Waals surface area (Å²) in [7, 11) is 1.63. The molecule has 1 saturated heterocycles. The van der Waals surface area contributed by atoms with E-state index in [1.807, 2.05) is 50.2 Å². The van der Waals surface area contributed by atoms with Gasteiger partial charge in [-0.2, -0.15) is 0 Å². The molecule has 1 aromatic carbocycles. The standard InChI is InChI=1S/C14H25N3O4.C8H17N.C6H6.C3H8/c1-10(2)12(17(4)13(20)8-15-9-19)7-11(3)14(21)16-5-6-18;1-8(2)9-6-4-3-5-7-9;1-2-4-6-5-3-1;1-3-2/h7,9-10,12,18H,5-6,8H2,1-4H3,(H,15,19)(H,16,21);8H,3-7H2,1-2H3;1-6H;3H2,1-2H3/b11-7+;;;/t12-;;;/m1.../s1. The fourth-order valence-electron chi connectivity index (χ4n) is 3.63. The average Bonchev–Trinajstić information content (AvgIpc) is 2.95. The second-order valence-corrected chi connectivity index (χ2v) is 10.1. The van der Waals surface area contributed by atoms with Crippen LogP contribution in [0.1, 0.15) is 74.1 Å². The first-order valence-electron chi connectivity index (χ1n) is 14.3. The number of aliphatic hydroxyl groups excluding tert-OH is 1. The van der Waals surface area contributed by atoms with Crippen molar-refractivity contribution >= 4 is 18.2 Å². The van der Waals surface area contributed by atoms with E-state index in [1.54, 1.807) is 20.0 Å². The van der Waals surface area contributed by atoms with Gasteiger partial charge in [0.25, 0.3) is 0 Å². The quantitative estimate of drug-likeness (QED) is 0.300. The molecule has 0 aliphatic carbocycles. The molecule has 1 aliphatic rings. The van der Waals surface area contributed by atoms with E-state index in [4.69, 9.17) is 5.11 Å². The summed E-state index contributed by atoms with van der Waals surface area (Å²) in [6.45, 7) is 17.0. The number of carbonyl (C=O) groups excluding carboxylic acids is 3. The van der Waals surface area contributed by atoms with Gasteiger partial charge in [-0.25, -0.2) is 0 Å². The van der Waals surface area contributed by atoms with Crippen LogP contribution in [-0.2, 0) is 14.4 Å². The normalized spacial score (nSPS) is 13.9. The molecule has 0 bridgehead atoms. The molecule has 0 unspecified atom stereocenters. The molecule has 1 aliphatic heterocycles. The number of piperidine rings is 1. The minimum absolute atomic E-state index is 0.0766. The molecule has 3 amide bonds. The molecule has 1 aromatic rings. The maximum Gasteiger partial charge on any atom is 0.246 e. The van der Waals surface area contributed by atoms with Gasteiger partial charge in [0, 0.05) is 25.2 Å². The monoisotopic (exact) mass is 548 g/mol. The van der Waals surface area contributed by atoms with Crippen LogP contribution in [0.2, 0.25) is 0 Å². The zero-order valence-electron chi connectivity index (χ0n) is 25.8. The smallest absolute Gasteiger partial charge is 0.246 e. The van der Waals surface area contributed by atoms with Crippen molar-refractivity contribution in [2.24, 2.45) is 5.92 Å². The number of aliphatic hydroxyl groups is 1. The largest absolute Gasteiger partial charge is 0.395 e. The predicted molar refractivity (Wildman–Crippen MR) is 162 cm³/mol. The first-order chi connectivity index (χ1) is 18.6. The zero-order valence-corrected chi connectivity index (χ0v) is 25.8. The van der Waals surface area contributed by atoms with E-state index < -0.39 is 0 Å². The predicted octanol–water partition coefficient (Wildman–Crippen LogP) is 4.25. The van der Waals surface area contributed by atoms with Gasteiger partial charge >= 0.3 is 0 Å². The van der Waals surface area contributed by atoms with Crippen molar-refractivity contribution in [3.8, 4) is 0 Å². The lowest BCUT2D eigenvalue weighted by molar-refractivity contribution is -0.132. The van der Waals surface area contributed by atoms with Gasteiger partial charge in [-0.3, -0.25) is 14.4 Å². The van der Waals surface area contributed by atoms with E-state index in [2.05, 4.69) is 43.2 Å². The van der Waals surface area contributed by atoms with E-state index in [-0.39, 0.29) is 43.5 Å². The minimum atomic E-state index is -0.276. The highest BCUT2D eigenvalue weighted by molar-refractivity contribution is 5.93. The number of carbonyl (C=O) groups is 3. The number of nitrogens with zero attached hydrogens (tertiary/aromatic N) is 2. The molecule has 0 radical (unpaired) electrons. The van der Waals surface area contributed by atoms with Gasteiger partial charge in [0.05, 0.1) is 19.2 Å².